The Balaban J connectivity index is 3.32. The number of rotatable bonds is 3. The van der Waals surface area contributed by atoms with Gasteiger partial charge in [-0.05, 0) is 55.5 Å². The molecule has 17 heavy (non-hydrogen) atoms. The summed E-state index contributed by atoms with van der Waals surface area (Å²) in [7, 11) is 0. The zero-order chi connectivity index (χ0) is 13.2. The van der Waals surface area contributed by atoms with Gasteiger partial charge in [-0.25, -0.2) is 0 Å². The molecule has 0 atom stereocenters. The van der Waals surface area contributed by atoms with E-state index in [2.05, 4.69) is 0 Å². The molecule has 0 saturated carbocycles. The minimum absolute atomic E-state index is 0.272. The second-order valence-corrected chi connectivity index (χ2v) is 4.29. The molecule has 0 aliphatic rings. The molecular weight excluding hydrogens is 216 g/mol. The molecular formula is C14H18O3. The van der Waals surface area contributed by atoms with E-state index in [0.717, 1.165) is 39.7 Å². The predicted octanol–water partition coefficient (Wildman–Crippen LogP) is 2.80. The van der Waals surface area contributed by atoms with Gasteiger partial charge in [-0.3, -0.25) is 9.59 Å². The fraction of sp³-hybridized carbons (Fsp3) is 0.429. The molecule has 0 amide bonds. The highest BCUT2D eigenvalue weighted by atomic mass is 16.5. The van der Waals surface area contributed by atoms with Crippen molar-refractivity contribution in [3.8, 4) is 0 Å². The maximum Gasteiger partial charge on any atom is 0.302 e. The second kappa shape index (κ2) is 5.13. The normalized spacial score (nSPS) is 10.2. The van der Waals surface area contributed by atoms with Gasteiger partial charge in [-0.1, -0.05) is 0 Å². The van der Waals surface area contributed by atoms with E-state index >= 15 is 0 Å². The lowest BCUT2D eigenvalue weighted by atomic mass is 9.90. The number of benzene rings is 1. The van der Waals surface area contributed by atoms with E-state index in [9.17, 15) is 9.59 Å². The molecule has 0 spiro atoms. The molecule has 0 aromatic heterocycles. The third kappa shape index (κ3) is 2.54. The quantitative estimate of drug-likeness (QED) is 0.596. The SMILES string of the molecule is CC(=O)OCc1c(C)c(C)c(C=O)c(C)c1C. The highest BCUT2D eigenvalue weighted by Crippen LogP contribution is 2.26. The minimum atomic E-state index is -0.293. The summed E-state index contributed by atoms with van der Waals surface area (Å²) in [6, 6.07) is 0. The zero-order valence-corrected chi connectivity index (χ0v) is 11.0. The largest absolute Gasteiger partial charge is 0.461 e. The number of ether oxygens (including phenoxy) is 1. The van der Waals surface area contributed by atoms with Gasteiger partial charge in [0, 0.05) is 12.5 Å². The Labute approximate surface area is 102 Å². The smallest absolute Gasteiger partial charge is 0.302 e. The maximum atomic E-state index is 11.0. The summed E-state index contributed by atoms with van der Waals surface area (Å²) in [6.07, 6.45) is 0.889. The van der Waals surface area contributed by atoms with Crippen LogP contribution in [0.2, 0.25) is 0 Å². The molecule has 0 aliphatic heterocycles. The number of hydrogen-bond acceptors (Lipinski definition) is 3. The van der Waals surface area contributed by atoms with Crippen LogP contribution in [0.1, 0.15) is 45.1 Å². The first kappa shape index (κ1) is 13.4. The van der Waals surface area contributed by atoms with Gasteiger partial charge in [0.05, 0.1) is 0 Å². The number of esters is 1. The third-order valence-corrected chi connectivity index (χ3v) is 3.38. The molecule has 0 aliphatic carbocycles. The van der Waals surface area contributed by atoms with Gasteiger partial charge in [-0.15, -0.1) is 0 Å². The lowest BCUT2D eigenvalue weighted by Crippen LogP contribution is -2.08. The second-order valence-electron chi connectivity index (χ2n) is 4.29. The molecule has 0 bridgehead atoms. The topological polar surface area (TPSA) is 43.4 Å². The first-order valence-electron chi connectivity index (χ1n) is 5.57. The highest BCUT2D eigenvalue weighted by molar-refractivity contribution is 5.81. The molecule has 0 heterocycles. The van der Waals surface area contributed by atoms with E-state index < -0.39 is 0 Å². The Morgan fingerprint density at radius 2 is 1.53 bits per heavy atom. The minimum Gasteiger partial charge on any atom is -0.461 e. The zero-order valence-electron chi connectivity index (χ0n) is 11.0. The Bertz CT molecular complexity index is 444. The van der Waals surface area contributed by atoms with Crippen molar-refractivity contribution in [2.24, 2.45) is 0 Å². The summed E-state index contributed by atoms with van der Waals surface area (Å²) in [5.74, 6) is -0.293. The van der Waals surface area contributed by atoms with E-state index in [4.69, 9.17) is 4.74 Å². The third-order valence-electron chi connectivity index (χ3n) is 3.38. The van der Waals surface area contributed by atoms with Crippen LogP contribution in [-0.4, -0.2) is 12.3 Å². The highest BCUT2D eigenvalue weighted by Gasteiger charge is 2.14. The van der Waals surface area contributed by atoms with Gasteiger partial charge in [0.25, 0.3) is 0 Å². The molecule has 0 fully saturated rings. The van der Waals surface area contributed by atoms with E-state index in [1.54, 1.807) is 0 Å². The summed E-state index contributed by atoms with van der Waals surface area (Å²) in [5.41, 5.74) is 5.72. The van der Waals surface area contributed by atoms with Gasteiger partial charge >= 0.3 is 5.97 Å². The molecule has 92 valence electrons. The van der Waals surface area contributed by atoms with Crippen molar-refractivity contribution in [3.05, 3.63) is 33.4 Å². The van der Waals surface area contributed by atoms with E-state index in [0.29, 0.717) is 0 Å². The van der Waals surface area contributed by atoms with Gasteiger partial charge in [-0.2, -0.15) is 0 Å². The number of aldehydes is 1. The van der Waals surface area contributed by atoms with Crippen molar-refractivity contribution in [1.29, 1.82) is 0 Å². The van der Waals surface area contributed by atoms with Crippen LogP contribution >= 0.6 is 0 Å². The van der Waals surface area contributed by atoms with Gasteiger partial charge in [0.1, 0.15) is 6.61 Å². The summed E-state index contributed by atoms with van der Waals surface area (Å²) >= 11 is 0. The Morgan fingerprint density at radius 1 is 1.06 bits per heavy atom. The molecule has 0 N–H and O–H groups in total. The Morgan fingerprint density at radius 3 is 1.88 bits per heavy atom. The summed E-state index contributed by atoms with van der Waals surface area (Å²) < 4.78 is 5.05. The monoisotopic (exact) mass is 234 g/mol. The number of carbonyl (C=O) groups is 2. The lowest BCUT2D eigenvalue weighted by Gasteiger charge is -2.17. The molecule has 0 saturated heterocycles. The maximum absolute atomic E-state index is 11.0. The molecule has 1 aromatic carbocycles. The first-order chi connectivity index (χ1) is 7.90. The van der Waals surface area contributed by atoms with Crippen molar-refractivity contribution < 1.29 is 14.3 Å². The van der Waals surface area contributed by atoms with Gasteiger partial charge in [0.15, 0.2) is 6.29 Å². The molecule has 0 unspecified atom stereocenters. The van der Waals surface area contributed by atoms with Crippen LogP contribution in [-0.2, 0) is 16.1 Å². The summed E-state index contributed by atoms with van der Waals surface area (Å²) in [4.78, 5) is 21.9. The van der Waals surface area contributed by atoms with Crippen LogP contribution in [0.25, 0.3) is 0 Å². The molecule has 3 nitrogen and oxygen atoms in total. The van der Waals surface area contributed by atoms with Crippen LogP contribution in [0.3, 0.4) is 0 Å². The average Bonchev–Trinajstić information content (AvgIpc) is 2.27. The van der Waals surface area contributed by atoms with Crippen LogP contribution in [0, 0.1) is 27.7 Å². The molecule has 1 rings (SSSR count). The standard InChI is InChI=1S/C14H18O3/c1-8-10(3)14(7-17-12(5)16)11(4)9(2)13(8)6-15/h6H,7H2,1-5H3. The Hall–Kier alpha value is -1.64. The predicted molar refractivity (Wildman–Crippen MR) is 66.2 cm³/mol. The number of hydrogen-bond donors (Lipinski definition) is 0. The molecule has 3 heteroatoms. The fourth-order valence-corrected chi connectivity index (χ4v) is 1.99. The van der Waals surface area contributed by atoms with E-state index in [1.807, 2.05) is 27.7 Å². The van der Waals surface area contributed by atoms with Crippen molar-refractivity contribution in [2.45, 2.75) is 41.2 Å². The molecule has 0 radical (unpaired) electrons. The summed E-state index contributed by atoms with van der Waals surface area (Å²) in [6.45, 7) is 9.41. The fourth-order valence-electron chi connectivity index (χ4n) is 1.99. The van der Waals surface area contributed by atoms with E-state index in [1.165, 1.54) is 6.92 Å². The van der Waals surface area contributed by atoms with Gasteiger partial charge in [0.2, 0.25) is 0 Å². The van der Waals surface area contributed by atoms with Crippen molar-refractivity contribution >= 4 is 12.3 Å². The first-order valence-corrected chi connectivity index (χ1v) is 5.57. The molecule has 1 aromatic rings. The van der Waals surface area contributed by atoms with Crippen molar-refractivity contribution in [2.75, 3.05) is 0 Å². The summed E-state index contributed by atoms with van der Waals surface area (Å²) in [5, 5.41) is 0. The van der Waals surface area contributed by atoms with Crippen LogP contribution in [0.5, 0.6) is 0 Å². The number of carbonyl (C=O) groups excluding carboxylic acids is 2. The van der Waals surface area contributed by atoms with Crippen LogP contribution in [0.4, 0.5) is 0 Å². The van der Waals surface area contributed by atoms with Crippen molar-refractivity contribution in [3.63, 3.8) is 0 Å². The van der Waals surface area contributed by atoms with Crippen LogP contribution < -0.4 is 0 Å². The average molecular weight is 234 g/mol. The van der Waals surface area contributed by atoms with Crippen LogP contribution in [0.15, 0.2) is 0 Å². The van der Waals surface area contributed by atoms with E-state index in [-0.39, 0.29) is 12.6 Å². The van der Waals surface area contributed by atoms with Crippen molar-refractivity contribution in [1.82, 2.24) is 0 Å². The lowest BCUT2D eigenvalue weighted by molar-refractivity contribution is -0.142. The van der Waals surface area contributed by atoms with Gasteiger partial charge < -0.3 is 4.74 Å². The Kier molecular flexibility index (Phi) is 4.05.